The maximum Gasteiger partial charge on any atom is 0.259 e. The summed E-state index contributed by atoms with van der Waals surface area (Å²) in [7, 11) is 2.96. The lowest BCUT2D eigenvalue weighted by molar-refractivity contribution is -0.114. The molecule has 0 atom stereocenters. The summed E-state index contributed by atoms with van der Waals surface area (Å²) in [6.45, 7) is 3.28. The molecule has 0 radical (unpaired) electrons. The Morgan fingerprint density at radius 1 is 0.960 bits per heavy atom. The Morgan fingerprint density at radius 3 is 2.24 bits per heavy atom. The predicted molar refractivity (Wildman–Crippen MR) is 98.0 cm³/mol. The van der Waals surface area contributed by atoms with Crippen molar-refractivity contribution in [1.29, 1.82) is 0 Å². The van der Waals surface area contributed by atoms with Gasteiger partial charge in [-0.1, -0.05) is 17.7 Å². The minimum Gasteiger partial charge on any atom is -0.496 e. The molecule has 0 aliphatic carbocycles. The zero-order chi connectivity index (χ0) is 18.6. The highest BCUT2D eigenvalue weighted by Gasteiger charge is 2.18. The molecule has 0 heterocycles. The smallest absolute Gasteiger partial charge is 0.259 e. The van der Waals surface area contributed by atoms with E-state index in [1.54, 1.807) is 12.1 Å². The Morgan fingerprint density at radius 2 is 1.64 bits per heavy atom. The number of aryl methyl sites for hydroxylation is 1. The molecule has 25 heavy (non-hydrogen) atoms. The first kappa shape index (κ1) is 18.6. The number of benzene rings is 2. The van der Waals surface area contributed by atoms with Crippen molar-refractivity contribution in [3.63, 3.8) is 0 Å². The van der Waals surface area contributed by atoms with Crippen LogP contribution in [-0.2, 0) is 4.79 Å². The third-order valence-electron chi connectivity index (χ3n) is 3.45. The van der Waals surface area contributed by atoms with E-state index in [0.29, 0.717) is 17.1 Å². The maximum atomic E-state index is 12.7. The molecule has 2 rings (SSSR count). The fourth-order valence-corrected chi connectivity index (χ4v) is 2.51. The molecule has 2 aromatic carbocycles. The molecular formula is C18H19ClN2O4. The molecule has 132 valence electrons. The van der Waals surface area contributed by atoms with Crippen LogP contribution in [0.25, 0.3) is 0 Å². The third kappa shape index (κ3) is 4.42. The van der Waals surface area contributed by atoms with Crippen molar-refractivity contribution in [3.05, 3.63) is 46.5 Å². The van der Waals surface area contributed by atoms with Crippen molar-refractivity contribution in [1.82, 2.24) is 0 Å². The largest absolute Gasteiger partial charge is 0.496 e. The summed E-state index contributed by atoms with van der Waals surface area (Å²) in [6, 6.07) is 8.41. The lowest BCUT2D eigenvalue weighted by Gasteiger charge is -2.15. The van der Waals surface area contributed by atoms with Crippen LogP contribution >= 0.6 is 11.6 Å². The van der Waals surface area contributed by atoms with E-state index in [-0.39, 0.29) is 22.2 Å². The third-order valence-corrected chi connectivity index (χ3v) is 3.76. The minimum absolute atomic E-state index is 0.234. The molecule has 0 saturated heterocycles. The van der Waals surface area contributed by atoms with Gasteiger partial charge in [-0.25, -0.2) is 0 Å². The summed E-state index contributed by atoms with van der Waals surface area (Å²) in [5.41, 5.74) is 2.12. The Kier molecular flexibility index (Phi) is 5.88. The van der Waals surface area contributed by atoms with Crippen molar-refractivity contribution >= 4 is 34.8 Å². The molecule has 2 amide bonds. The molecule has 7 heteroatoms. The van der Waals surface area contributed by atoms with E-state index >= 15 is 0 Å². The fraction of sp³-hybridized carbons (Fsp3) is 0.222. The first-order chi connectivity index (χ1) is 11.8. The quantitative estimate of drug-likeness (QED) is 0.846. The molecule has 0 aliphatic rings. The Hall–Kier alpha value is -2.73. The van der Waals surface area contributed by atoms with Gasteiger partial charge in [0.25, 0.3) is 5.91 Å². The highest BCUT2D eigenvalue weighted by Crippen LogP contribution is 2.32. The van der Waals surface area contributed by atoms with E-state index in [4.69, 9.17) is 21.1 Å². The van der Waals surface area contributed by atoms with Crippen LogP contribution in [0.1, 0.15) is 22.8 Å². The van der Waals surface area contributed by atoms with Crippen LogP contribution in [0.3, 0.4) is 0 Å². The number of rotatable bonds is 5. The van der Waals surface area contributed by atoms with E-state index < -0.39 is 5.91 Å². The van der Waals surface area contributed by atoms with Gasteiger partial charge in [0.1, 0.15) is 11.5 Å². The maximum absolute atomic E-state index is 12.7. The molecular weight excluding hydrogens is 344 g/mol. The standard InChI is InChI=1S/C18H19ClN2O4/c1-10-5-6-16(24-3)15(7-10)21-18(23)12-8-13(19)14(20-11(2)22)9-17(12)25-4/h5-9H,1-4H3,(H,20,22)(H,21,23). The van der Waals surface area contributed by atoms with Crippen molar-refractivity contribution in [3.8, 4) is 11.5 Å². The molecule has 0 bridgehead atoms. The zero-order valence-corrected chi connectivity index (χ0v) is 15.2. The molecule has 0 unspecified atom stereocenters. The van der Waals surface area contributed by atoms with Crippen LogP contribution in [0, 0.1) is 6.92 Å². The van der Waals surface area contributed by atoms with Gasteiger partial charge in [0.2, 0.25) is 5.91 Å². The lowest BCUT2D eigenvalue weighted by atomic mass is 10.1. The number of amides is 2. The van der Waals surface area contributed by atoms with Crippen molar-refractivity contribution in [2.45, 2.75) is 13.8 Å². The van der Waals surface area contributed by atoms with Gasteiger partial charge >= 0.3 is 0 Å². The van der Waals surface area contributed by atoms with Crippen molar-refractivity contribution in [2.75, 3.05) is 24.9 Å². The van der Waals surface area contributed by atoms with Crippen molar-refractivity contribution in [2.24, 2.45) is 0 Å². The molecule has 6 nitrogen and oxygen atoms in total. The molecule has 0 spiro atoms. The van der Waals surface area contributed by atoms with E-state index in [1.165, 1.54) is 33.3 Å². The summed E-state index contributed by atoms with van der Waals surface area (Å²) in [4.78, 5) is 23.9. The van der Waals surface area contributed by atoms with Gasteiger partial charge < -0.3 is 20.1 Å². The summed E-state index contributed by atoms with van der Waals surface area (Å²) in [5, 5.41) is 5.61. The second kappa shape index (κ2) is 7.90. The normalized spacial score (nSPS) is 10.1. The van der Waals surface area contributed by atoms with Crippen LogP contribution < -0.4 is 20.1 Å². The molecule has 0 aliphatic heterocycles. The number of hydrogen-bond donors (Lipinski definition) is 2. The molecule has 0 aromatic heterocycles. The number of anilines is 2. The number of carbonyl (C=O) groups excluding carboxylic acids is 2. The highest BCUT2D eigenvalue weighted by molar-refractivity contribution is 6.34. The van der Waals surface area contributed by atoms with Gasteiger partial charge in [0.05, 0.1) is 36.2 Å². The van der Waals surface area contributed by atoms with E-state index in [2.05, 4.69) is 10.6 Å². The number of methoxy groups -OCH3 is 2. The monoisotopic (exact) mass is 362 g/mol. The summed E-state index contributed by atoms with van der Waals surface area (Å²) in [6.07, 6.45) is 0. The number of halogens is 1. The zero-order valence-electron chi connectivity index (χ0n) is 14.4. The van der Waals surface area contributed by atoms with Gasteiger partial charge in [-0.2, -0.15) is 0 Å². The average molecular weight is 363 g/mol. The van der Waals surface area contributed by atoms with Crippen LogP contribution in [0.5, 0.6) is 11.5 Å². The summed E-state index contributed by atoms with van der Waals surface area (Å²) in [5.74, 6) is 0.152. The summed E-state index contributed by atoms with van der Waals surface area (Å²) >= 11 is 6.16. The van der Waals surface area contributed by atoms with Gasteiger partial charge in [-0.05, 0) is 30.7 Å². The average Bonchev–Trinajstić information content (AvgIpc) is 2.56. The molecule has 2 N–H and O–H groups in total. The topological polar surface area (TPSA) is 76.7 Å². The Labute approximate surface area is 151 Å². The lowest BCUT2D eigenvalue weighted by Crippen LogP contribution is -2.15. The van der Waals surface area contributed by atoms with Gasteiger partial charge in [-0.15, -0.1) is 0 Å². The number of hydrogen-bond acceptors (Lipinski definition) is 4. The second-order valence-electron chi connectivity index (χ2n) is 5.37. The SMILES string of the molecule is COc1ccc(C)cc1NC(=O)c1cc(Cl)c(NC(C)=O)cc1OC. The number of nitrogens with one attached hydrogen (secondary N) is 2. The minimum atomic E-state index is -0.406. The molecule has 0 fully saturated rings. The number of ether oxygens (including phenoxy) is 2. The fourth-order valence-electron chi connectivity index (χ4n) is 2.29. The predicted octanol–water partition coefficient (Wildman–Crippen LogP) is 3.88. The highest BCUT2D eigenvalue weighted by atomic mass is 35.5. The van der Waals surface area contributed by atoms with Gasteiger partial charge in [0, 0.05) is 13.0 Å². The first-order valence-electron chi connectivity index (χ1n) is 7.46. The van der Waals surface area contributed by atoms with Crippen LogP contribution in [0.15, 0.2) is 30.3 Å². The van der Waals surface area contributed by atoms with Gasteiger partial charge in [-0.3, -0.25) is 9.59 Å². The Bertz CT molecular complexity index is 821. The molecule has 2 aromatic rings. The Balaban J connectivity index is 2.37. The van der Waals surface area contributed by atoms with Crippen LogP contribution in [0.4, 0.5) is 11.4 Å². The van der Waals surface area contributed by atoms with E-state index in [9.17, 15) is 9.59 Å². The first-order valence-corrected chi connectivity index (χ1v) is 7.84. The summed E-state index contributed by atoms with van der Waals surface area (Å²) < 4.78 is 10.5. The number of carbonyl (C=O) groups is 2. The van der Waals surface area contributed by atoms with Gasteiger partial charge in [0.15, 0.2) is 0 Å². The van der Waals surface area contributed by atoms with E-state index in [1.807, 2.05) is 13.0 Å². The van der Waals surface area contributed by atoms with Crippen LogP contribution in [-0.4, -0.2) is 26.0 Å². The molecule has 0 saturated carbocycles. The van der Waals surface area contributed by atoms with E-state index in [0.717, 1.165) is 5.56 Å². The van der Waals surface area contributed by atoms with Crippen LogP contribution in [0.2, 0.25) is 5.02 Å². The van der Waals surface area contributed by atoms with Crippen molar-refractivity contribution < 1.29 is 19.1 Å². The second-order valence-corrected chi connectivity index (χ2v) is 5.78.